The molecule has 0 saturated heterocycles. The van der Waals surface area contributed by atoms with Gasteiger partial charge in [-0.05, 0) is 6.07 Å². The average Bonchev–Trinajstić information content (AvgIpc) is 2.92. The van der Waals surface area contributed by atoms with Crippen LogP contribution in [0, 0.1) is 0 Å². The molecule has 0 aliphatic rings. The number of aryl methyl sites for hydroxylation is 1. The molecule has 3 rings (SSSR count). The summed E-state index contributed by atoms with van der Waals surface area (Å²) in [6, 6.07) is 3.55. The summed E-state index contributed by atoms with van der Waals surface area (Å²) >= 11 is 6.27. The number of methoxy groups -OCH3 is 2. The van der Waals surface area contributed by atoms with E-state index in [2.05, 4.69) is 15.1 Å². The first-order valence-corrected chi connectivity index (χ1v) is 6.58. The summed E-state index contributed by atoms with van der Waals surface area (Å²) in [6.45, 7) is 0. The van der Waals surface area contributed by atoms with E-state index in [1.807, 2.05) is 13.2 Å². The van der Waals surface area contributed by atoms with Crippen LogP contribution in [0.4, 0.5) is 0 Å². The summed E-state index contributed by atoms with van der Waals surface area (Å²) in [5.74, 6) is 1.70. The second kappa shape index (κ2) is 5.21. The Hall–Kier alpha value is -2.34. The lowest BCUT2D eigenvalue weighted by molar-refractivity contribution is 0.356. The minimum atomic E-state index is 0.361. The van der Waals surface area contributed by atoms with Crippen molar-refractivity contribution < 1.29 is 9.47 Å². The summed E-state index contributed by atoms with van der Waals surface area (Å²) in [5, 5.41) is 5.18. The number of nitrogens with zero attached hydrogens (tertiary/aromatic N) is 4. The molecule has 3 aromatic rings. The van der Waals surface area contributed by atoms with E-state index < -0.39 is 0 Å². The monoisotopic (exact) mass is 304 g/mol. The molecule has 108 valence electrons. The van der Waals surface area contributed by atoms with E-state index in [1.54, 1.807) is 37.2 Å². The zero-order valence-electron chi connectivity index (χ0n) is 11.8. The number of ether oxygens (including phenoxy) is 2. The number of benzene rings is 1. The van der Waals surface area contributed by atoms with Gasteiger partial charge in [-0.3, -0.25) is 4.68 Å². The van der Waals surface area contributed by atoms with Crippen molar-refractivity contribution in [2.45, 2.75) is 0 Å². The number of halogens is 1. The Morgan fingerprint density at radius 3 is 2.43 bits per heavy atom. The van der Waals surface area contributed by atoms with Crippen LogP contribution in [0.5, 0.6) is 11.5 Å². The van der Waals surface area contributed by atoms with Crippen LogP contribution in [0.25, 0.3) is 22.3 Å². The quantitative estimate of drug-likeness (QED) is 0.696. The zero-order chi connectivity index (χ0) is 15.0. The second-order valence-electron chi connectivity index (χ2n) is 4.47. The Labute approximate surface area is 126 Å². The highest BCUT2D eigenvalue weighted by atomic mass is 35.5. The lowest BCUT2D eigenvalue weighted by atomic mass is 10.2. The number of fused-ring (bicyclic) bond motifs is 1. The highest BCUT2D eigenvalue weighted by Crippen LogP contribution is 2.34. The van der Waals surface area contributed by atoms with Crippen molar-refractivity contribution in [3.05, 3.63) is 29.7 Å². The summed E-state index contributed by atoms with van der Waals surface area (Å²) in [4.78, 5) is 8.84. The lowest BCUT2D eigenvalue weighted by Gasteiger charge is -2.10. The second-order valence-corrected chi connectivity index (χ2v) is 4.82. The summed E-state index contributed by atoms with van der Waals surface area (Å²) in [5.41, 5.74) is 1.49. The van der Waals surface area contributed by atoms with E-state index in [4.69, 9.17) is 21.1 Å². The van der Waals surface area contributed by atoms with Gasteiger partial charge in [0, 0.05) is 24.7 Å². The molecule has 7 heteroatoms. The zero-order valence-corrected chi connectivity index (χ0v) is 12.5. The van der Waals surface area contributed by atoms with Gasteiger partial charge in [-0.25, -0.2) is 9.97 Å². The van der Waals surface area contributed by atoms with Gasteiger partial charge in [-0.1, -0.05) is 11.6 Å². The van der Waals surface area contributed by atoms with Gasteiger partial charge in [0.2, 0.25) is 0 Å². The molecule has 2 aromatic heterocycles. The first-order valence-electron chi connectivity index (χ1n) is 6.20. The Kier molecular flexibility index (Phi) is 3.39. The van der Waals surface area contributed by atoms with Gasteiger partial charge in [0.05, 0.1) is 31.5 Å². The van der Waals surface area contributed by atoms with E-state index in [0.29, 0.717) is 33.4 Å². The smallest absolute Gasteiger partial charge is 0.164 e. The highest BCUT2D eigenvalue weighted by molar-refractivity contribution is 6.34. The molecular weight excluding hydrogens is 292 g/mol. The molecule has 0 aliphatic carbocycles. The molecule has 0 bridgehead atoms. The van der Waals surface area contributed by atoms with Crippen molar-refractivity contribution in [3.63, 3.8) is 0 Å². The Morgan fingerprint density at radius 1 is 1.10 bits per heavy atom. The van der Waals surface area contributed by atoms with Crippen molar-refractivity contribution in [1.82, 2.24) is 19.7 Å². The third-order valence-corrected chi connectivity index (χ3v) is 3.41. The SMILES string of the molecule is COc1cc2nc(-c3cnn(C)c3)nc(Cl)c2cc1OC. The van der Waals surface area contributed by atoms with E-state index in [1.165, 1.54) is 0 Å². The fourth-order valence-corrected chi connectivity index (χ4v) is 2.32. The molecule has 2 heterocycles. The molecule has 0 N–H and O–H groups in total. The maximum absolute atomic E-state index is 6.27. The van der Waals surface area contributed by atoms with E-state index in [-0.39, 0.29) is 0 Å². The topological polar surface area (TPSA) is 62.1 Å². The van der Waals surface area contributed by atoms with Crippen molar-refractivity contribution in [3.8, 4) is 22.9 Å². The lowest BCUT2D eigenvalue weighted by Crippen LogP contribution is -1.95. The van der Waals surface area contributed by atoms with Crippen LogP contribution in [0.3, 0.4) is 0 Å². The first-order chi connectivity index (χ1) is 10.1. The van der Waals surface area contributed by atoms with Crippen LogP contribution in [0.15, 0.2) is 24.5 Å². The van der Waals surface area contributed by atoms with E-state index in [0.717, 1.165) is 5.56 Å². The molecule has 0 amide bonds. The summed E-state index contributed by atoms with van der Waals surface area (Å²) < 4.78 is 12.2. The maximum atomic E-state index is 6.27. The molecule has 1 aromatic carbocycles. The Morgan fingerprint density at radius 2 is 1.81 bits per heavy atom. The predicted octanol–water partition coefficient (Wildman–Crippen LogP) is 2.70. The third-order valence-electron chi connectivity index (χ3n) is 3.12. The van der Waals surface area contributed by atoms with Crippen LogP contribution < -0.4 is 9.47 Å². The fraction of sp³-hybridized carbons (Fsp3) is 0.214. The molecule has 0 saturated carbocycles. The third kappa shape index (κ3) is 2.38. The number of rotatable bonds is 3. The molecule has 6 nitrogen and oxygen atoms in total. The molecule has 0 fully saturated rings. The molecular formula is C14H13ClN4O2. The Balaban J connectivity index is 2.23. The Bertz CT molecular complexity index is 816. The van der Waals surface area contributed by atoms with E-state index >= 15 is 0 Å². The number of hydrogen-bond donors (Lipinski definition) is 0. The number of hydrogen-bond acceptors (Lipinski definition) is 5. The molecule has 0 aliphatic heterocycles. The molecule has 0 unspecified atom stereocenters. The van der Waals surface area contributed by atoms with Crippen molar-refractivity contribution in [2.75, 3.05) is 14.2 Å². The van der Waals surface area contributed by atoms with Gasteiger partial charge in [0.15, 0.2) is 17.3 Å². The molecule has 0 atom stereocenters. The van der Waals surface area contributed by atoms with Crippen LogP contribution in [-0.4, -0.2) is 34.0 Å². The van der Waals surface area contributed by atoms with Crippen LogP contribution >= 0.6 is 11.6 Å². The minimum Gasteiger partial charge on any atom is -0.493 e. The van der Waals surface area contributed by atoms with Gasteiger partial charge in [-0.2, -0.15) is 5.10 Å². The van der Waals surface area contributed by atoms with Crippen LogP contribution in [-0.2, 0) is 7.05 Å². The van der Waals surface area contributed by atoms with Crippen molar-refractivity contribution >= 4 is 22.5 Å². The van der Waals surface area contributed by atoms with Crippen LogP contribution in [0.1, 0.15) is 0 Å². The predicted molar refractivity (Wildman–Crippen MR) is 79.9 cm³/mol. The highest BCUT2D eigenvalue weighted by Gasteiger charge is 2.13. The number of aromatic nitrogens is 4. The largest absolute Gasteiger partial charge is 0.493 e. The minimum absolute atomic E-state index is 0.361. The van der Waals surface area contributed by atoms with Crippen molar-refractivity contribution in [1.29, 1.82) is 0 Å². The van der Waals surface area contributed by atoms with Gasteiger partial charge < -0.3 is 9.47 Å². The summed E-state index contributed by atoms with van der Waals surface area (Å²) in [6.07, 6.45) is 3.52. The standard InChI is InChI=1S/C14H13ClN4O2/c1-19-7-8(6-16-19)14-17-10-5-12(21-3)11(20-2)4-9(10)13(15)18-14/h4-7H,1-3H3. The molecule has 0 spiro atoms. The fourth-order valence-electron chi connectivity index (χ4n) is 2.08. The van der Waals surface area contributed by atoms with Gasteiger partial charge in [0.1, 0.15) is 5.15 Å². The van der Waals surface area contributed by atoms with E-state index in [9.17, 15) is 0 Å². The first kappa shape index (κ1) is 13.6. The molecule has 21 heavy (non-hydrogen) atoms. The van der Waals surface area contributed by atoms with Crippen molar-refractivity contribution in [2.24, 2.45) is 7.05 Å². The summed E-state index contributed by atoms with van der Waals surface area (Å²) in [7, 11) is 4.98. The van der Waals surface area contributed by atoms with Gasteiger partial charge in [-0.15, -0.1) is 0 Å². The average molecular weight is 305 g/mol. The normalized spacial score (nSPS) is 10.9. The van der Waals surface area contributed by atoms with Gasteiger partial charge >= 0.3 is 0 Å². The maximum Gasteiger partial charge on any atom is 0.164 e. The van der Waals surface area contributed by atoms with Gasteiger partial charge in [0.25, 0.3) is 0 Å². The molecule has 0 radical (unpaired) electrons. The van der Waals surface area contributed by atoms with Crippen LogP contribution in [0.2, 0.25) is 5.15 Å².